The van der Waals surface area contributed by atoms with Crippen LogP contribution < -0.4 is 0 Å². The third kappa shape index (κ3) is 2.80. The smallest absolute Gasteiger partial charge is 0.317 e. The van der Waals surface area contributed by atoms with E-state index in [1.165, 1.54) is 0 Å². The molecule has 6 nitrogen and oxygen atoms in total. The Morgan fingerprint density at radius 2 is 1.76 bits per heavy atom. The van der Waals surface area contributed by atoms with Gasteiger partial charge in [-0.25, -0.2) is 0 Å². The minimum absolute atomic E-state index is 0.0369. The Kier molecular flexibility index (Phi) is 3.47. The van der Waals surface area contributed by atoms with Crippen molar-refractivity contribution < 1.29 is 19.5 Å². The van der Waals surface area contributed by atoms with Crippen molar-refractivity contribution in [3.8, 4) is 0 Å². The molecule has 1 fully saturated rings. The highest BCUT2D eigenvalue weighted by Gasteiger charge is 2.37. The Morgan fingerprint density at radius 3 is 2.24 bits per heavy atom. The fourth-order valence-corrected chi connectivity index (χ4v) is 2.60. The van der Waals surface area contributed by atoms with Crippen molar-refractivity contribution in [2.75, 3.05) is 19.8 Å². The monoisotopic (exact) mass is 288 g/mol. The van der Waals surface area contributed by atoms with Gasteiger partial charge in [0, 0.05) is 6.54 Å². The number of carboxylic acids is 1. The predicted octanol–water partition coefficient (Wildman–Crippen LogP) is 1.04. The predicted molar refractivity (Wildman–Crippen MR) is 73.7 cm³/mol. The Morgan fingerprint density at radius 1 is 1.19 bits per heavy atom. The van der Waals surface area contributed by atoms with Crippen LogP contribution in [0.1, 0.15) is 33.6 Å². The normalized spacial score (nSPS) is 17.5. The maximum Gasteiger partial charge on any atom is 0.317 e. The number of fused-ring (bicyclic) bond motifs is 1. The zero-order chi connectivity index (χ0) is 15.0. The van der Waals surface area contributed by atoms with E-state index in [9.17, 15) is 14.4 Å². The topological polar surface area (TPSA) is 77.9 Å². The molecular weight excluding hydrogens is 272 g/mol. The summed E-state index contributed by atoms with van der Waals surface area (Å²) < 4.78 is 0. The van der Waals surface area contributed by atoms with Crippen molar-refractivity contribution >= 4 is 17.8 Å². The second kappa shape index (κ2) is 5.29. The molecular formula is C15H16N2O4. The van der Waals surface area contributed by atoms with Crippen LogP contribution >= 0.6 is 0 Å². The largest absolute Gasteiger partial charge is 0.480 e. The molecule has 1 aromatic rings. The van der Waals surface area contributed by atoms with Crippen molar-refractivity contribution in [1.82, 2.24) is 9.80 Å². The summed E-state index contributed by atoms with van der Waals surface area (Å²) in [6, 6.07) is 6.68. The molecule has 1 saturated carbocycles. The molecule has 110 valence electrons. The molecule has 0 bridgehead atoms. The van der Waals surface area contributed by atoms with Crippen molar-refractivity contribution in [3.05, 3.63) is 35.4 Å². The number of benzene rings is 1. The highest BCUT2D eigenvalue weighted by molar-refractivity contribution is 6.21. The Balaban J connectivity index is 1.75. The van der Waals surface area contributed by atoms with Gasteiger partial charge in [-0.05, 0) is 30.9 Å². The molecule has 1 N–H and O–H groups in total. The van der Waals surface area contributed by atoms with Gasteiger partial charge in [0.1, 0.15) is 0 Å². The number of nitrogens with zero attached hydrogens (tertiary/aromatic N) is 2. The second-order valence-electron chi connectivity index (χ2n) is 5.57. The van der Waals surface area contributed by atoms with Crippen molar-refractivity contribution in [2.24, 2.45) is 5.92 Å². The summed E-state index contributed by atoms with van der Waals surface area (Å²) in [7, 11) is 0. The van der Waals surface area contributed by atoms with Crippen LogP contribution in [0.2, 0.25) is 0 Å². The third-order valence-electron chi connectivity index (χ3n) is 3.79. The molecule has 0 unspecified atom stereocenters. The van der Waals surface area contributed by atoms with Crippen LogP contribution in [0.3, 0.4) is 0 Å². The minimum Gasteiger partial charge on any atom is -0.480 e. The summed E-state index contributed by atoms with van der Waals surface area (Å²) in [5.41, 5.74) is 0.786. The van der Waals surface area contributed by atoms with Gasteiger partial charge in [0.25, 0.3) is 11.8 Å². The molecule has 0 saturated heterocycles. The van der Waals surface area contributed by atoms with Crippen LogP contribution in [0.25, 0.3) is 0 Å². The molecule has 0 radical (unpaired) electrons. The highest BCUT2D eigenvalue weighted by Crippen LogP contribution is 2.30. The number of hydrogen-bond donors (Lipinski definition) is 1. The number of aliphatic carboxylic acids is 1. The van der Waals surface area contributed by atoms with Crippen LogP contribution in [0.4, 0.5) is 0 Å². The van der Waals surface area contributed by atoms with Gasteiger partial charge in [-0.3, -0.25) is 24.2 Å². The highest BCUT2D eigenvalue weighted by atomic mass is 16.4. The summed E-state index contributed by atoms with van der Waals surface area (Å²) in [6.45, 7) is 0.485. The van der Waals surface area contributed by atoms with Crippen LogP contribution in [0, 0.1) is 5.92 Å². The van der Waals surface area contributed by atoms with Crippen molar-refractivity contribution in [1.29, 1.82) is 0 Å². The van der Waals surface area contributed by atoms with Crippen LogP contribution in [0.15, 0.2) is 24.3 Å². The molecule has 1 aromatic carbocycles. The van der Waals surface area contributed by atoms with Crippen LogP contribution in [-0.4, -0.2) is 52.4 Å². The minimum atomic E-state index is -0.952. The first-order chi connectivity index (χ1) is 10.1. The molecule has 1 aliphatic carbocycles. The van der Waals surface area contributed by atoms with E-state index in [0.717, 1.165) is 17.7 Å². The summed E-state index contributed by atoms with van der Waals surface area (Å²) in [5.74, 6) is -1.16. The fraction of sp³-hybridized carbons (Fsp3) is 0.400. The van der Waals surface area contributed by atoms with E-state index in [0.29, 0.717) is 23.6 Å². The molecule has 21 heavy (non-hydrogen) atoms. The van der Waals surface area contributed by atoms with E-state index in [4.69, 9.17) is 5.11 Å². The Hall–Kier alpha value is -2.21. The van der Waals surface area contributed by atoms with Crippen LogP contribution in [-0.2, 0) is 4.79 Å². The summed E-state index contributed by atoms with van der Waals surface area (Å²) in [5, 5.41) is 8.97. The van der Waals surface area contributed by atoms with Crippen molar-refractivity contribution in [3.63, 3.8) is 0 Å². The number of hydrogen-bond acceptors (Lipinski definition) is 4. The lowest BCUT2D eigenvalue weighted by Gasteiger charge is -2.25. The van der Waals surface area contributed by atoms with Crippen LogP contribution in [0.5, 0.6) is 0 Å². The number of imide groups is 1. The van der Waals surface area contributed by atoms with Gasteiger partial charge in [-0.15, -0.1) is 0 Å². The first-order valence-corrected chi connectivity index (χ1v) is 6.95. The van der Waals surface area contributed by atoms with E-state index < -0.39 is 5.97 Å². The zero-order valence-electron chi connectivity index (χ0n) is 11.5. The first kappa shape index (κ1) is 13.8. The van der Waals surface area contributed by atoms with E-state index >= 15 is 0 Å². The van der Waals surface area contributed by atoms with E-state index in [-0.39, 0.29) is 25.0 Å². The van der Waals surface area contributed by atoms with Gasteiger partial charge in [0.15, 0.2) is 0 Å². The number of carbonyl (C=O) groups is 3. The summed E-state index contributed by atoms with van der Waals surface area (Å²) in [6.07, 6.45) is 2.16. The number of carbonyl (C=O) groups excluding carboxylic acids is 2. The molecule has 3 rings (SSSR count). The van der Waals surface area contributed by atoms with E-state index in [1.807, 2.05) is 0 Å². The molecule has 0 atom stereocenters. The Bertz CT molecular complexity index is 574. The average Bonchev–Trinajstić information content (AvgIpc) is 3.22. The van der Waals surface area contributed by atoms with Gasteiger partial charge in [0.05, 0.1) is 24.3 Å². The Labute approximate surface area is 122 Å². The molecule has 1 heterocycles. The SMILES string of the molecule is O=C(O)CN(CC1CC1)CN1C(=O)c2ccccc2C1=O. The van der Waals surface area contributed by atoms with Gasteiger partial charge in [-0.2, -0.15) is 0 Å². The van der Waals surface area contributed by atoms with E-state index in [1.54, 1.807) is 29.2 Å². The lowest BCUT2D eigenvalue weighted by atomic mass is 10.1. The standard InChI is InChI=1S/C15H16N2O4/c18-13(19)8-16(7-10-5-6-10)9-17-14(20)11-3-1-2-4-12(11)15(17)21/h1-4,10H,5-9H2,(H,18,19). The maximum absolute atomic E-state index is 12.3. The van der Waals surface area contributed by atoms with Gasteiger partial charge >= 0.3 is 5.97 Å². The number of carboxylic acid groups (broad SMARTS) is 1. The fourth-order valence-electron chi connectivity index (χ4n) is 2.60. The maximum atomic E-state index is 12.3. The second-order valence-corrected chi connectivity index (χ2v) is 5.57. The van der Waals surface area contributed by atoms with Crippen molar-refractivity contribution in [2.45, 2.75) is 12.8 Å². The van der Waals surface area contributed by atoms with Gasteiger partial charge in [-0.1, -0.05) is 12.1 Å². The summed E-state index contributed by atoms with van der Waals surface area (Å²) >= 11 is 0. The molecule has 0 spiro atoms. The van der Waals surface area contributed by atoms with Gasteiger partial charge in [0.2, 0.25) is 0 Å². The number of rotatable bonds is 6. The third-order valence-corrected chi connectivity index (χ3v) is 3.79. The lowest BCUT2D eigenvalue weighted by Crippen LogP contribution is -2.44. The molecule has 6 heteroatoms. The molecule has 2 aliphatic rings. The first-order valence-electron chi connectivity index (χ1n) is 6.95. The zero-order valence-corrected chi connectivity index (χ0v) is 11.5. The molecule has 0 aromatic heterocycles. The lowest BCUT2D eigenvalue weighted by molar-refractivity contribution is -0.138. The molecule has 1 aliphatic heterocycles. The summed E-state index contributed by atoms with van der Waals surface area (Å²) in [4.78, 5) is 38.2. The van der Waals surface area contributed by atoms with E-state index in [2.05, 4.69) is 0 Å². The molecule has 2 amide bonds. The quantitative estimate of drug-likeness (QED) is 0.791. The number of amides is 2. The average molecular weight is 288 g/mol. The van der Waals surface area contributed by atoms with Gasteiger partial charge < -0.3 is 5.11 Å².